The molecule has 0 aliphatic carbocycles. The molecule has 3 aromatic rings. The van der Waals surface area contributed by atoms with Gasteiger partial charge in [0.15, 0.2) is 11.0 Å². The second kappa shape index (κ2) is 7.80. The van der Waals surface area contributed by atoms with Gasteiger partial charge in [-0.05, 0) is 37.3 Å². The molecule has 1 aromatic carbocycles. The number of nitrogens with zero attached hydrogens (tertiary/aromatic N) is 5. The Bertz CT molecular complexity index is 963. The lowest BCUT2D eigenvalue weighted by Gasteiger charge is -2.12. The third-order valence-corrected chi connectivity index (χ3v) is 4.80. The summed E-state index contributed by atoms with van der Waals surface area (Å²) in [6.07, 6.45) is 3.42. The van der Waals surface area contributed by atoms with Crippen LogP contribution in [0.15, 0.2) is 53.9 Å². The zero-order valence-corrected chi connectivity index (χ0v) is 15.1. The molecule has 0 saturated heterocycles. The molecule has 0 saturated carbocycles. The van der Waals surface area contributed by atoms with Crippen molar-refractivity contribution in [2.24, 2.45) is 7.05 Å². The smallest absolute Gasteiger partial charge is 0.237 e. The van der Waals surface area contributed by atoms with Gasteiger partial charge in [-0.3, -0.25) is 9.78 Å². The van der Waals surface area contributed by atoms with Crippen molar-refractivity contribution in [1.82, 2.24) is 19.7 Å². The zero-order chi connectivity index (χ0) is 18.5. The van der Waals surface area contributed by atoms with Gasteiger partial charge in [0.1, 0.15) is 0 Å². The summed E-state index contributed by atoms with van der Waals surface area (Å²) in [5.74, 6) is 0.519. The van der Waals surface area contributed by atoms with Crippen LogP contribution in [-0.4, -0.2) is 30.9 Å². The molecule has 0 aliphatic rings. The number of carbonyl (C=O) groups excluding carboxylic acids is 1. The van der Waals surface area contributed by atoms with Gasteiger partial charge >= 0.3 is 0 Å². The third-order valence-electron chi connectivity index (χ3n) is 3.67. The number of hydrogen-bond donors (Lipinski definition) is 1. The molecule has 1 unspecified atom stereocenters. The van der Waals surface area contributed by atoms with E-state index in [0.29, 0.717) is 22.2 Å². The Labute approximate surface area is 155 Å². The lowest BCUT2D eigenvalue weighted by atomic mass is 10.2. The number of anilines is 1. The number of rotatable bonds is 5. The summed E-state index contributed by atoms with van der Waals surface area (Å²) in [6, 6.07) is 12.6. The van der Waals surface area contributed by atoms with Crippen LogP contribution in [0, 0.1) is 11.3 Å². The number of thioether (sulfide) groups is 1. The van der Waals surface area contributed by atoms with Gasteiger partial charge in [0.2, 0.25) is 5.91 Å². The molecule has 1 amide bonds. The second-order valence-corrected chi connectivity index (χ2v) is 6.86. The van der Waals surface area contributed by atoms with Gasteiger partial charge in [0.25, 0.3) is 0 Å². The van der Waals surface area contributed by atoms with Gasteiger partial charge in [-0.15, -0.1) is 10.2 Å². The molecule has 7 nitrogen and oxygen atoms in total. The average molecular weight is 364 g/mol. The van der Waals surface area contributed by atoms with Gasteiger partial charge in [-0.25, -0.2) is 0 Å². The number of benzene rings is 1. The SMILES string of the molecule is CC(Sc1nnc(-c2cccnc2)n1C)C(=O)Nc1cccc(C#N)c1. The Morgan fingerprint density at radius 1 is 1.31 bits per heavy atom. The van der Waals surface area contributed by atoms with E-state index in [-0.39, 0.29) is 11.2 Å². The highest BCUT2D eigenvalue weighted by Gasteiger charge is 2.19. The van der Waals surface area contributed by atoms with Crippen LogP contribution in [-0.2, 0) is 11.8 Å². The number of nitriles is 1. The van der Waals surface area contributed by atoms with Crippen molar-refractivity contribution < 1.29 is 4.79 Å². The highest BCUT2D eigenvalue weighted by Crippen LogP contribution is 2.26. The fourth-order valence-electron chi connectivity index (χ4n) is 2.29. The van der Waals surface area contributed by atoms with Crippen molar-refractivity contribution in [2.45, 2.75) is 17.3 Å². The van der Waals surface area contributed by atoms with Crippen LogP contribution in [0.5, 0.6) is 0 Å². The van der Waals surface area contributed by atoms with Crippen molar-refractivity contribution in [3.8, 4) is 17.5 Å². The van der Waals surface area contributed by atoms with E-state index < -0.39 is 0 Å². The fraction of sp³-hybridized carbons (Fsp3) is 0.167. The number of amides is 1. The van der Waals surface area contributed by atoms with E-state index in [0.717, 1.165) is 5.56 Å². The summed E-state index contributed by atoms with van der Waals surface area (Å²) in [4.78, 5) is 16.5. The number of hydrogen-bond acceptors (Lipinski definition) is 6. The highest BCUT2D eigenvalue weighted by molar-refractivity contribution is 8.00. The molecule has 130 valence electrons. The second-order valence-electron chi connectivity index (χ2n) is 5.55. The molecular weight excluding hydrogens is 348 g/mol. The Kier molecular flexibility index (Phi) is 5.29. The third kappa shape index (κ3) is 3.90. The van der Waals surface area contributed by atoms with E-state index in [1.807, 2.05) is 23.7 Å². The first-order chi connectivity index (χ1) is 12.6. The molecule has 0 spiro atoms. The van der Waals surface area contributed by atoms with E-state index in [2.05, 4.69) is 26.6 Å². The molecule has 0 bridgehead atoms. The molecule has 1 N–H and O–H groups in total. The molecule has 1 atom stereocenters. The lowest BCUT2D eigenvalue weighted by Crippen LogP contribution is -2.22. The Hall–Kier alpha value is -3.18. The molecule has 2 heterocycles. The van der Waals surface area contributed by atoms with Crippen molar-refractivity contribution in [3.63, 3.8) is 0 Å². The molecular formula is C18H16N6OS. The molecule has 0 radical (unpaired) electrons. The minimum atomic E-state index is -0.384. The molecule has 0 aliphatic heterocycles. The standard InChI is InChI=1S/C18H16N6OS/c1-12(17(25)21-15-7-3-5-13(9-15)10-19)26-18-23-22-16(24(18)2)14-6-4-8-20-11-14/h3-9,11-12H,1-2H3,(H,21,25). The van der Waals surface area contributed by atoms with E-state index >= 15 is 0 Å². The Balaban J connectivity index is 1.70. The minimum Gasteiger partial charge on any atom is -0.325 e. The number of aromatic nitrogens is 4. The molecule has 26 heavy (non-hydrogen) atoms. The van der Waals surface area contributed by atoms with Crippen LogP contribution in [0.1, 0.15) is 12.5 Å². The number of nitrogens with one attached hydrogen (secondary N) is 1. The first kappa shape index (κ1) is 17.6. The summed E-state index contributed by atoms with van der Waals surface area (Å²) >= 11 is 1.31. The first-order valence-corrected chi connectivity index (χ1v) is 8.74. The topological polar surface area (TPSA) is 96.5 Å². The van der Waals surface area contributed by atoms with Crippen molar-refractivity contribution >= 4 is 23.4 Å². The zero-order valence-electron chi connectivity index (χ0n) is 14.2. The van der Waals surface area contributed by atoms with E-state index in [1.165, 1.54) is 11.8 Å². The maximum absolute atomic E-state index is 12.4. The molecule has 0 fully saturated rings. The van der Waals surface area contributed by atoms with Crippen LogP contribution in [0.4, 0.5) is 5.69 Å². The van der Waals surface area contributed by atoms with Crippen molar-refractivity contribution in [1.29, 1.82) is 5.26 Å². The van der Waals surface area contributed by atoms with Crippen molar-refractivity contribution in [3.05, 3.63) is 54.4 Å². The average Bonchev–Trinajstić information content (AvgIpc) is 3.03. The predicted octanol–water partition coefficient (Wildman–Crippen LogP) is 2.87. The van der Waals surface area contributed by atoms with Gasteiger partial charge in [0, 0.05) is 30.7 Å². The summed E-state index contributed by atoms with van der Waals surface area (Å²) < 4.78 is 1.84. The van der Waals surface area contributed by atoms with Crippen LogP contribution in [0.25, 0.3) is 11.4 Å². The highest BCUT2D eigenvalue weighted by atomic mass is 32.2. The van der Waals surface area contributed by atoms with E-state index in [4.69, 9.17) is 5.26 Å². The van der Waals surface area contributed by atoms with Gasteiger partial charge in [-0.2, -0.15) is 5.26 Å². The summed E-state index contributed by atoms with van der Waals surface area (Å²) in [6.45, 7) is 1.80. The Morgan fingerprint density at radius 3 is 2.88 bits per heavy atom. The van der Waals surface area contributed by atoms with Crippen LogP contribution < -0.4 is 5.32 Å². The maximum Gasteiger partial charge on any atom is 0.237 e. The Morgan fingerprint density at radius 2 is 2.15 bits per heavy atom. The summed E-state index contributed by atoms with van der Waals surface area (Å²) in [5, 5.41) is 20.4. The van der Waals surface area contributed by atoms with Crippen molar-refractivity contribution in [2.75, 3.05) is 5.32 Å². The first-order valence-electron chi connectivity index (χ1n) is 7.86. The van der Waals surface area contributed by atoms with Gasteiger partial charge < -0.3 is 9.88 Å². The van der Waals surface area contributed by atoms with Crippen LogP contribution in [0.3, 0.4) is 0 Å². The number of carbonyl (C=O) groups is 1. The van der Waals surface area contributed by atoms with Gasteiger partial charge in [-0.1, -0.05) is 17.8 Å². The minimum absolute atomic E-state index is 0.170. The molecule has 3 rings (SSSR count). The normalized spacial score (nSPS) is 11.6. The summed E-state index contributed by atoms with van der Waals surface area (Å²) in [5.41, 5.74) is 1.95. The van der Waals surface area contributed by atoms with E-state index in [9.17, 15) is 4.79 Å². The summed E-state index contributed by atoms with van der Waals surface area (Å²) in [7, 11) is 1.85. The van der Waals surface area contributed by atoms with E-state index in [1.54, 1.807) is 43.6 Å². The maximum atomic E-state index is 12.4. The van der Waals surface area contributed by atoms with Crippen LogP contribution >= 0.6 is 11.8 Å². The quantitative estimate of drug-likeness (QED) is 0.699. The molecule has 2 aromatic heterocycles. The fourth-order valence-corrected chi connectivity index (χ4v) is 3.10. The number of pyridine rings is 1. The largest absolute Gasteiger partial charge is 0.325 e. The lowest BCUT2D eigenvalue weighted by molar-refractivity contribution is -0.115. The monoisotopic (exact) mass is 364 g/mol. The van der Waals surface area contributed by atoms with Crippen LogP contribution in [0.2, 0.25) is 0 Å². The molecule has 8 heteroatoms. The predicted molar refractivity (Wildman–Crippen MR) is 99.3 cm³/mol. The van der Waals surface area contributed by atoms with Gasteiger partial charge in [0.05, 0.1) is 16.9 Å².